The standard InChI is InChI=1S/C16H24N2O3.ClH/c1-16(2,3)14(17)15(19)18-7-6-11-4-5-12-13(10-11)21-9-8-20-12;/h4-5,10,14H,6-9,17H2,1-3H3,(H,18,19);1H/t14-;/m1./s1. The van der Waals surface area contributed by atoms with Gasteiger partial charge in [0.2, 0.25) is 5.91 Å². The number of fused-ring (bicyclic) bond motifs is 1. The topological polar surface area (TPSA) is 73.6 Å². The molecule has 124 valence electrons. The van der Waals surface area contributed by atoms with E-state index in [0.717, 1.165) is 23.5 Å². The Kier molecular flexibility index (Phi) is 6.50. The molecule has 0 unspecified atom stereocenters. The van der Waals surface area contributed by atoms with Crippen LogP contribution in [0.4, 0.5) is 0 Å². The zero-order chi connectivity index (χ0) is 15.5. The maximum Gasteiger partial charge on any atom is 0.237 e. The molecule has 3 N–H and O–H groups in total. The number of carbonyl (C=O) groups is 1. The maximum atomic E-state index is 11.9. The van der Waals surface area contributed by atoms with E-state index in [1.165, 1.54) is 0 Å². The predicted molar refractivity (Wildman–Crippen MR) is 88.8 cm³/mol. The highest BCUT2D eigenvalue weighted by molar-refractivity contribution is 5.85. The van der Waals surface area contributed by atoms with Crippen LogP contribution in [0.15, 0.2) is 18.2 Å². The van der Waals surface area contributed by atoms with Crippen LogP contribution in [0.1, 0.15) is 26.3 Å². The third-order valence-electron chi connectivity index (χ3n) is 3.53. The zero-order valence-electron chi connectivity index (χ0n) is 13.3. The van der Waals surface area contributed by atoms with Crippen LogP contribution in [0.3, 0.4) is 0 Å². The van der Waals surface area contributed by atoms with E-state index in [-0.39, 0.29) is 23.7 Å². The third kappa shape index (κ3) is 4.78. The first-order chi connectivity index (χ1) is 9.88. The SMILES string of the molecule is CC(C)(C)[C@H](N)C(=O)NCCc1ccc2c(c1)OCCO2.Cl. The second-order valence-electron chi connectivity index (χ2n) is 6.36. The number of nitrogens with one attached hydrogen (secondary N) is 1. The molecule has 1 aromatic rings. The number of hydrogen-bond donors (Lipinski definition) is 2. The monoisotopic (exact) mass is 328 g/mol. The van der Waals surface area contributed by atoms with Crippen LogP contribution in [0.5, 0.6) is 11.5 Å². The van der Waals surface area contributed by atoms with Gasteiger partial charge in [0, 0.05) is 6.54 Å². The van der Waals surface area contributed by atoms with Crippen molar-refractivity contribution < 1.29 is 14.3 Å². The molecule has 0 radical (unpaired) electrons. The number of ether oxygens (including phenoxy) is 2. The van der Waals surface area contributed by atoms with Gasteiger partial charge in [0.1, 0.15) is 13.2 Å². The quantitative estimate of drug-likeness (QED) is 0.885. The molecule has 2 rings (SSSR count). The van der Waals surface area contributed by atoms with Crippen molar-refractivity contribution in [3.05, 3.63) is 23.8 Å². The maximum absolute atomic E-state index is 11.9. The van der Waals surface area contributed by atoms with Gasteiger partial charge in [-0.05, 0) is 29.5 Å². The molecular weight excluding hydrogens is 304 g/mol. The molecule has 5 nitrogen and oxygen atoms in total. The Bertz CT molecular complexity index is 515. The molecule has 0 aromatic heterocycles. The lowest BCUT2D eigenvalue weighted by molar-refractivity contribution is -0.124. The molecule has 1 atom stereocenters. The first-order valence-corrected chi connectivity index (χ1v) is 7.30. The molecule has 0 fully saturated rings. The summed E-state index contributed by atoms with van der Waals surface area (Å²) in [5.41, 5.74) is 6.78. The van der Waals surface area contributed by atoms with Gasteiger partial charge in [-0.25, -0.2) is 0 Å². The van der Waals surface area contributed by atoms with Gasteiger partial charge in [0.15, 0.2) is 11.5 Å². The van der Waals surface area contributed by atoms with Crippen molar-refractivity contribution in [2.75, 3.05) is 19.8 Å². The molecule has 0 saturated carbocycles. The molecule has 0 bridgehead atoms. The minimum atomic E-state index is -0.502. The number of halogens is 1. The van der Waals surface area contributed by atoms with Gasteiger partial charge in [-0.15, -0.1) is 12.4 Å². The van der Waals surface area contributed by atoms with Crippen molar-refractivity contribution in [1.29, 1.82) is 0 Å². The van der Waals surface area contributed by atoms with E-state index >= 15 is 0 Å². The van der Waals surface area contributed by atoms with Crippen LogP contribution < -0.4 is 20.5 Å². The van der Waals surface area contributed by atoms with Gasteiger partial charge < -0.3 is 20.5 Å². The van der Waals surface area contributed by atoms with Gasteiger partial charge in [0.05, 0.1) is 6.04 Å². The van der Waals surface area contributed by atoms with E-state index in [9.17, 15) is 4.79 Å². The lowest BCUT2D eigenvalue weighted by atomic mass is 9.87. The van der Waals surface area contributed by atoms with Crippen LogP contribution in [-0.4, -0.2) is 31.7 Å². The van der Waals surface area contributed by atoms with Crippen molar-refractivity contribution in [2.45, 2.75) is 33.2 Å². The van der Waals surface area contributed by atoms with Crippen LogP contribution >= 0.6 is 12.4 Å². The average molecular weight is 329 g/mol. The minimum Gasteiger partial charge on any atom is -0.486 e. The van der Waals surface area contributed by atoms with Crippen molar-refractivity contribution >= 4 is 18.3 Å². The van der Waals surface area contributed by atoms with Crippen molar-refractivity contribution in [3.63, 3.8) is 0 Å². The second kappa shape index (κ2) is 7.70. The Morgan fingerprint density at radius 3 is 2.55 bits per heavy atom. The number of hydrogen-bond acceptors (Lipinski definition) is 4. The van der Waals surface area contributed by atoms with Crippen LogP contribution in [0.2, 0.25) is 0 Å². The average Bonchev–Trinajstić information content (AvgIpc) is 2.45. The lowest BCUT2D eigenvalue weighted by Crippen LogP contribution is -2.48. The normalized spacial score (nSPS) is 14.7. The summed E-state index contributed by atoms with van der Waals surface area (Å²) in [5, 5.41) is 2.88. The van der Waals surface area contributed by atoms with E-state index in [4.69, 9.17) is 15.2 Å². The first-order valence-electron chi connectivity index (χ1n) is 7.30. The summed E-state index contributed by atoms with van der Waals surface area (Å²) in [6, 6.07) is 5.36. The Morgan fingerprint density at radius 2 is 1.91 bits per heavy atom. The predicted octanol–water partition coefficient (Wildman–Crippen LogP) is 1.91. The van der Waals surface area contributed by atoms with Gasteiger partial charge in [-0.1, -0.05) is 26.8 Å². The van der Waals surface area contributed by atoms with E-state index in [1.807, 2.05) is 39.0 Å². The molecular formula is C16H25ClN2O3. The summed E-state index contributed by atoms with van der Waals surface area (Å²) < 4.78 is 11.0. The van der Waals surface area contributed by atoms with Crippen molar-refractivity contribution in [1.82, 2.24) is 5.32 Å². The summed E-state index contributed by atoms with van der Waals surface area (Å²) in [6.45, 7) is 7.59. The molecule has 1 aliphatic rings. The fraction of sp³-hybridized carbons (Fsp3) is 0.562. The molecule has 1 aromatic carbocycles. The number of carbonyl (C=O) groups excluding carboxylic acids is 1. The second-order valence-corrected chi connectivity index (χ2v) is 6.36. The molecule has 0 spiro atoms. The summed E-state index contributed by atoms with van der Waals surface area (Å²) in [7, 11) is 0. The summed E-state index contributed by atoms with van der Waals surface area (Å²) in [5.74, 6) is 1.44. The highest BCUT2D eigenvalue weighted by Gasteiger charge is 2.26. The Hall–Kier alpha value is -1.46. The fourth-order valence-electron chi connectivity index (χ4n) is 2.08. The van der Waals surface area contributed by atoms with E-state index < -0.39 is 6.04 Å². The number of rotatable bonds is 4. The summed E-state index contributed by atoms with van der Waals surface area (Å²) in [4.78, 5) is 11.9. The van der Waals surface area contributed by atoms with Gasteiger partial charge >= 0.3 is 0 Å². The van der Waals surface area contributed by atoms with Gasteiger partial charge in [-0.2, -0.15) is 0 Å². The molecule has 0 saturated heterocycles. The largest absolute Gasteiger partial charge is 0.486 e. The van der Waals surface area contributed by atoms with Crippen LogP contribution in [0.25, 0.3) is 0 Å². The zero-order valence-corrected chi connectivity index (χ0v) is 14.2. The van der Waals surface area contributed by atoms with E-state index in [0.29, 0.717) is 19.8 Å². The molecule has 1 amide bonds. The van der Waals surface area contributed by atoms with Crippen molar-refractivity contribution in [3.8, 4) is 11.5 Å². The smallest absolute Gasteiger partial charge is 0.237 e. The first kappa shape index (κ1) is 18.6. The molecule has 0 aliphatic carbocycles. The number of benzene rings is 1. The molecule has 22 heavy (non-hydrogen) atoms. The fourth-order valence-corrected chi connectivity index (χ4v) is 2.08. The minimum absolute atomic E-state index is 0. The summed E-state index contributed by atoms with van der Waals surface area (Å²) >= 11 is 0. The highest BCUT2D eigenvalue weighted by Crippen LogP contribution is 2.30. The Morgan fingerprint density at radius 1 is 1.27 bits per heavy atom. The van der Waals surface area contributed by atoms with Gasteiger partial charge in [-0.3, -0.25) is 4.79 Å². The Balaban J connectivity index is 0.00000242. The molecule has 6 heteroatoms. The lowest BCUT2D eigenvalue weighted by Gasteiger charge is -2.25. The van der Waals surface area contributed by atoms with E-state index in [2.05, 4.69) is 5.32 Å². The Labute approximate surface area is 138 Å². The summed E-state index contributed by atoms with van der Waals surface area (Å²) in [6.07, 6.45) is 0.735. The number of nitrogens with two attached hydrogens (primary N) is 1. The third-order valence-corrected chi connectivity index (χ3v) is 3.53. The van der Waals surface area contributed by atoms with Crippen LogP contribution in [0, 0.1) is 5.41 Å². The van der Waals surface area contributed by atoms with E-state index in [1.54, 1.807) is 0 Å². The van der Waals surface area contributed by atoms with Crippen LogP contribution in [-0.2, 0) is 11.2 Å². The molecule has 1 aliphatic heterocycles. The van der Waals surface area contributed by atoms with Gasteiger partial charge in [0.25, 0.3) is 0 Å². The molecule has 1 heterocycles. The highest BCUT2D eigenvalue weighted by atomic mass is 35.5. The number of amides is 1. The van der Waals surface area contributed by atoms with Crippen molar-refractivity contribution in [2.24, 2.45) is 11.1 Å².